The number of hydrogen-bond donors (Lipinski definition) is 1. The number of thiophene rings is 1. The highest BCUT2D eigenvalue weighted by molar-refractivity contribution is 7.10. The summed E-state index contributed by atoms with van der Waals surface area (Å²) in [6, 6.07) is 2.11. The highest BCUT2D eigenvalue weighted by Crippen LogP contribution is 2.25. The molecule has 1 N–H and O–H groups in total. The Bertz CT molecular complexity index is 321. The van der Waals surface area contributed by atoms with E-state index in [1.54, 1.807) is 11.3 Å². The molecule has 3 nitrogen and oxygen atoms in total. The maximum atomic E-state index is 11.0. The molecule has 70 valence electrons. The minimum atomic E-state index is -0.0240. The molecule has 0 aliphatic carbocycles. The fourth-order valence-corrected chi connectivity index (χ4v) is 2.39. The minimum Gasteiger partial charge on any atom is -0.369 e. The molecule has 0 spiro atoms. The topological polar surface area (TPSA) is 38.3 Å². The van der Waals surface area contributed by atoms with E-state index < -0.39 is 0 Å². The molecule has 1 aromatic heterocycles. The fraction of sp³-hybridized carbons (Fsp3) is 0.444. The van der Waals surface area contributed by atoms with Crippen molar-refractivity contribution in [1.82, 2.24) is 5.32 Å². The van der Waals surface area contributed by atoms with Crippen LogP contribution >= 0.6 is 11.3 Å². The van der Waals surface area contributed by atoms with Gasteiger partial charge in [-0.15, -0.1) is 11.3 Å². The first-order chi connectivity index (χ1) is 6.27. The van der Waals surface area contributed by atoms with E-state index in [9.17, 15) is 4.79 Å². The minimum absolute atomic E-state index is 0.0240. The number of carbonyl (C=O) groups excluding carboxylic acids is 1. The van der Waals surface area contributed by atoms with Gasteiger partial charge in [0.1, 0.15) is 6.61 Å². The summed E-state index contributed by atoms with van der Waals surface area (Å²) >= 11 is 1.66. The van der Waals surface area contributed by atoms with Gasteiger partial charge in [0.05, 0.1) is 12.6 Å². The Labute approximate surface area is 80.7 Å². The van der Waals surface area contributed by atoms with Crippen molar-refractivity contribution in [2.75, 3.05) is 13.2 Å². The Morgan fingerprint density at radius 1 is 1.69 bits per heavy atom. The normalized spacial score (nSPS) is 22.8. The second-order valence-corrected chi connectivity index (χ2v) is 4.05. The summed E-state index contributed by atoms with van der Waals surface area (Å²) in [6.45, 7) is 2.83. The van der Waals surface area contributed by atoms with Crippen LogP contribution in [0.1, 0.15) is 16.5 Å². The van der Waals surface area contributed by atoms with Gasteiger partial charge in [0.25, 0.3) is 0 Å². The van der Waals surface area contributed by atoms with E-state index in [2.05, 4.69) is 11.4 Å². The third-order valence-electron chi connectivity index (χ3n) is 2.07. The molecular weight excluding hydrogens is 186 g/mol. The lowest BCUT2D eigenvalue weighted by molar-refractivity contribution is -0.131. The van der Waals surface area contributed by atoms with E-state index in [1.807, 2.05) is 12.3 Å². The summed E-state index contributed by atoms with van der Waals surface area (Å²) < 4.78 is 5.17. The molecule has 0 aromatic carbocycles. The molecule has 1 saturated heterocycles. The molecule has 1 aliphatic heterocycles. The van der Waals surface area contributed by atoms with E-state index in [0.29, 0.717) is 6.61 Å². The molecule has 1 aliphatic rings. The van der Waals surface area contributed by atoms with Crippen LogP contribution in [0.5, 0.6) is 0 Å². The quantitative estimate of drug-likeness (QED) is 0.735. The first-order valence-corrected chi connectivity index (χ1v) is 5.06. The van der Waals surface area contributed by atoms with Crippen molar-refractivity contribution in [1.29, 1.82) is 0 Å². The van der Waals surface area contributed by atoms with E-state index in [1.165, 1.54) is 10.4 Å². The molecule has 0 bridgehead atoms. The molecule has 4 heteroatoms. The zero-order valence-corrected chi connectivity index (χ0v) is 8.19. The SMILES string of the molecule is Cc1ccsc1C1COCC(=O)N1. The molecule has 13 heavy (non-hydrogen) atoms. The second kappa shape index (κ2) is 3.47. The smallest absolute Gasteiger partial charge is 0.246 e. The third kappa shape index (κ3) is 1.73. The van der Waals surface area contributed by atoms with E-state index in [-0.39, 0.29) is 18.6 Å². The average molecular weight is 197 g/mol. The molecule has 0 saturated carbocycles. The van der Waals surface area contributed by atoms with Gasteiger partial charge in [-0.2, -0.15) is 0 Å². The molecular formula is C9H11NO2S. The van der Waals surface area contributed by atoms with Crippen LogP contribution in [0.25, 0.3) is 0 Å². The monoisotopic (exact) mass is 197 g/mol. The Balaban J connectivity index is 2.17. The Morgan fingerprint density at radius 2 is 2.54 bits per heavy atom. The largest absolute Gasteiger partial charge is 0.369 e. The molecule has 2 rings (SSSR count). The highest BCUT2D eigenvalue weighted by Gasteiger charge is 2.22. The maximum Gasteiger partial charge on any atom is 0.246 e. The van der Waals surface area contributed by atoms with Crippen LogP contribution in [0.2, 0.25) is 0 Å². The van der Waals surface area contributed by atoms with Crippen molar-refractivity contribution in [2.24, 2.45) is 0 Å². The summed E-state index contributed by atoms with van der Waals surface area (Å²) in [5.74, 6) is -0.0240. The van der Waals surface area contributed by atoms with Crippen LogP contribution in [0.15, 0.2) is 11.4 Å². The van der Waals surface area contributed by atoms with Gasteiger partial charge in [-0.1, -0.05) is 0 Å². The molecule has 2 heterocycles. The van der Waals surface area contributed by atoms with Crippen molar-refractivity contribution >= 4 is 17.2 Å². The lowest BCUT2D eigenvalue weighted by Gasteiger charge is -2.23. The van der Waals surface area contributed by atoms with Gasteiger partial charge in [-0.25, -0.2) is 0 Å². The van der Waals surface area contributed by atoms with Crippen LogP contribution in [0.4, 0.5) is 0 Å². The van der Waals surface area contributed by atoms with Crippen LogP contribution in [0, 0.1) is 6.92 Å². The summed E-state index contributed by atoms with van der Waals surface area (Å²) in [7, 11) is 0. The number of hydrogen-bond acceptors (Lipinski definition) is 3. The molecule has 1 aromatic rings. The summed E-state index contributed by atoms with van der Waals surface area (Å²) in [6.07, 6.45) is 0. The first-order valence-electron chi connectivity index (χ1n) is 4.18. The van der Waals surface area contributed by atoms with Crippen LogP contribution in [-0.2, 0) is 9.53 Å². The van der Waals surface area contributed by atoms with Crippen molar-refractivity contribution in [3.05, 3.63) is 21.9 Å². The van der Waals surface area contributed by atoms with Gasteiger partial charge < -0.3 is 10.1 Å². The Morgan fingerprint density at radius 3 is 3.15 bits per heavy atom. The van der Waals surface area contributed by atoms with Gasteiger partial charge in [0.15, 0.2) is 0 Å². The zero-order chi connectivity index (χ0) is 9.26. The summed E-state index contributed by atoms with van der Waals surface area (Å²) in [5, 5.41) is 4.94. The van der Waals surface area contributed by atoms with Crippen LogP contribution < -0.4 is 5.32 Å². The van der Waals surface area contributed by atoms with Gasteiger partial charge in [0, 0.05) is 4.88 Å². The molecule has 0 radical (unpaired) electrons. The predicted octanol–water partition coefficient (Wildman–Crippen LogP) is 1.24. The Hall–Kier alpha value is -0.870. The third-order valence-corrected chi connectivity index (χ3v) is 3.20. The van der Waals surface area contributed by atoms with Crippen molar-refractivity contribution < 1.29 is 9.53 Å². The number of rotatable bonds is 1. The van der Waals surface area contributed by atoms with Crippen molar-refractivity contribution in [2.45, 2.75) is 13.0 Å². The standard InChI is InChI=1S/C9H11NO2S/c1-6-2-3-13-9(6)7-4-12-5-8(11)10-7/h2-3,7H,4-5H2,1H3,(H,10,11). The summed E-state index contributed by atoms with van der Waals surface area (Å²) in [4.78, 5) is 12.3. The number of nitrogens with one attached hydrogen (secondary N) is 1. The maximum absolute atomic E-state index is 11.0. The van der Waals surface area contributed by atoms with Crippen molar-refractivity contribution in [3.8, 4) is 0 Å². The van der Waals surface area contributed by atoms with Gasteiger partial charge in [-0.05, 0) is 23.9 Å². The van der Waals surface area contributed by atoms with E-state index in [0.717, 1.165) is 0 Å². The van der Waals surface area contributed by atoms with Gasteiger partial charge in [0.2, 0.25) is 5.91 Å². The Kier molecular flexibility index (Phi) is 2.33. The lowest BCUT2D eigenvalue weighted by Crippen LogP contribution is -2.39. The van der Waals surface area contributed by atoms with Gasteiger partial charge in [-0.3, -0.25) is 4.79 Å². The number of amides is 1. The molecule has 1 unspecified atom stereocenters. The number of aryl methyl sites for hydroxylation is 1. The predicted molar refractivity (Wildman–Crippen MR) is 50.8 cm³/mol. The molecule has 1 atom stereocenters. The highest BCUT2D eigenvalue weighted by atomic mass is 32.1. The van der Waals surface area contributed by atoms with E-state index >= 15 is 0 Å². The van der Waals surface area contributed by atoms with Crippen molar-refractivity contribution in [3.63, 3.8) is 0 Å². The summed E-state index contributed by atoms with van der Waals surface area (Å²) in [5.41, 5.74) is 1.22. The number of carbonyl (C=O) groups is 1. The molecule has 1 fully saturated rings. The van der Waals surface area contributed by atoms with E-state index in [4.69, 9.17) is 4.74 Å². The second-order valence-electron chi connectivity index (χ2n) is 3.10. The zero-order valence-electron chi connectivity index (χ0n) is 7.37. The fourth-order valence-electron chi connectivity index (χ4n) is 1.43. The molecule has 1 amide bonds. The van der Waals surface area contributed by atoms with Crippen LogP contribution in [0.3, 0.4) is 0 Å². The average Bonchev–Trinajstić information content (AvgIpc) is 2.51. The lowest BCUT2D eigenvalue weighted by atomic mass is 10.1. The number of ether oxygens (including phenoxy) is 1. The van der Waals surface area contributed by atoms with Gasteiger partial charge >= 0.3 is 0 Å². The van der Waals surface area contributed by atoms with Crippen LogP contribution in [-0.4, -0.2) is 19.1 Å². The first kappa shape index (κ1) is 8.72. The number of morpholine rings is 1.